The van der Waals surface area contributed by atoms with E-state index in [1.807, 2.05) is 24.3 Å². The van der Waals surface area contributed by atoms with E-state index in [1.165, 1.54) is 0 Å². The van der Waals surface area contributed by atoms with Crippen LogP contribution in [0.3, 0.4) is 0 Å². The van der Waals surface area contributed by atoms with Gasteiger partial charge in [-0.3, -0.25) is 14.5 Å². The van der Waals surface area contributed by atoms with Crippen LogP contribution in [0, 0.1) is 0 Å². The highest BCUT2D eigenvalue weighted by molar-refractivity contribution is 5.99. The van der Waals surface area contributed by atoms with Crippen molar-refractivity contribution in [3.63, 3.8) is 0 Å². The molecule has 164 valence electrons. The van der Waals surface area contributed by atoms with Crippen molar-refractivity contribution in [2.24, 2.45) is 0 Å². The maximum Gasteiger partial charge on any atom is 0.253 e. The van der Waals surface area contributed by atoms with Gasteiger partial charge in [-0.25, -0.2) is 0 Å². The highest BCUT2D eigenvalue weighted by Gasteiger charge is 2.12. The zero-order valence-electron chi connectivity index (χ0n) is 16.6. The van der Waals surface area contributed by atoms with Gasteiger partial charge in [0.05, 0.1) is 18.8 Å². The molecule has 7 nitrogen and oxygen atoms in total. The van der Waals surface area contributed by atoms with Crippen molar-refractivity contribution < 1.29 is 14.3 Å². The number of ether oxygens (including phenoxy) is 1. The number of anilines is 2. The van der Waals surface area contributed by atoms with Crippen molar-refractivity contribution >= 4 is 48.0 Å². The number of halogens is 2. The molecule has 2 amide bonds. The standard InChI is InChI=1S/C21H26N4O3.2ClH/c22-19-7-2-1-6-18(19)21(27)23-15-16-4-3-5-17(14-16)24-20(26)8-9-25-10-12-28-13-11-25;;/h1-7,14H,8-13,15,22H2,(H,23,27)(H,24,26);2*1H. The second kappa shape index (κ2) is 13.1. The number of hydrogen-bond donors (Lipinski definition) is 3. The molecule has 2 aromatic carbocycles. The van der Waals surface area contributed by atoms with Crippen LogP contribution in [-0.4, -0.2) is 49.6 Å². The second-order valence-electron chi connectivity index (χ2n) is 6.72. The van der Waals surface area contributed by atoms with Gasteiger partial charge in [0.25, 0.3) is 5.91 Å². The summed E-state index contributed by atoms with van der Waals surface area (Å²) in [4.78, 5) is 26.7. The topological polar surface area (TPSA) is 96.7 Å². The average Bonchev–Trinajstić information content (AvgIpc) is 2.72. The van der Waals surface area contributed by atoms with Gasteiger partial charge in [-0.2, -0.15) is 0 Å². The molecule has 0 aromatic heterocycles. The Hall–Kier alpha value is -2.32. The van der Waals surface area contributed by atoms with Crippen LogP contribution in [0.4, 0.5) is 11.4 Å². The summed E-state index contributed by atoms with van der Waals surface area (Å²) < 4.78 is 5.31. The summed E-state index contributed by atoms with van der Waals surface area (Å²) in [5.74, 6) is -0.247. The predicted octanol–water partition coefficient (Wildman–Crippen LogP) is 2.70. The highest BCUT2D eigenvalue weighted by atomic mass is 35.5. The van der Waals surface area contributed by atoms with Gasteiger partial charge in [0.15, 0.2) is 0 Å². The van der Waals surface area contributed by atoms with Crippen LogP contribution >= 0.6 is 24.8 Å². The second-order valence-corrected chi connectivity index (χ2v) is 6.72. The van der Waals surface area contributed by atoms with Crippen LogP contribution in [0.2, 0.25) is 0 Å². The largest absolute Gasteiger partial charge is 0.398 e. The van der Waals surface area contributed by atoms with Crippen molar-refractivity contribution in [1.82, 2.24) is 10.2 Å². The Bertz CT molecular complexity index is 829. The first kappa shape index (κ1) is 25.7. The molecule has 9 heteroatoms. The van der Waals surface area contributed by atoms with Gasteiger partial charge >= 0.3 is 0 Å². The SMILES string of the molecule is Cl.Cl.Nc1ccccc1C(=O)NCc1cccc(NC(=O)CCN2CCOCC2)c1. The first-order valence-electron chi connectivity index (χ1n) is 9.43. The van der Waals surface area contributed by atoms with E-state index >= 15 is 0 Å². The highest BCUT2D eigenvalue weighted by Crippen LogP contribution is 2.13. The molecular weight excluding hydrogens is 427 g/mol. The number of morpholine rings is 1. The summed E-state index contributed by atoms with van der Waals surface area (Å²) in [6.07, 6.45) is 0.439. The Morgan fingerprint density at radius 1 is 1.03 bits per heavy atom. The number of nitrogen functional groups attached to an aromatic ring is 1. The van der Waals surface area contributed by atoms with Crippen molar-refractivity contribution in [3.8, 4) is 0 Å². The van der Waals surface area contributed by atoms with E-state index in [9.17, 15) is 9.59 Å². The number of carbonyl (C=O) groups excluding carboxylic acids is 2. The number of para-hydroxylation sites is 1. The van der Waals surface area contributed by atoms with Gasteiger partial charge < -0.3 is 21.1 Å². The van der Waals surface area contributed by atoms with E-state index in [4.69, 9.17) is 10.5 Å². The molecule has 30 heavy (non-hydrogen) atoms. The molecule has 1 aliphatic heterocycles. The minimum Gasteiger partial charge on any atom is -0.398 e. The van der Waals surface area contributed by atoms with Crippen LogP contribution in [0.1, 0.15) is 22.3 Å². The maximum atomic E-state index is 12.3. The number of rotatable bonds is 7. The van der Waals surface area contributed by atoms with Gasteiger partial charge in [-0.05, 0) is 29.8 Å². The number of hydrogen-bond acceptors (Lipinski definition) is 5. The Balaban J connectivity index is 0.00000225. The summed E-state index contributed by atoms with van der Waals surface area (Å²) in [7, 11) is 0. The van der Waals surface area contributed by atoms with E-state index in [1.54, 1.807) is 24.3 Å². The normalized spacial score (nSPS) is 13.5. The summed E-state index contributed by atoms with van der Waals surface area (Å²) in [6, 6.07) is 14.4. The smallest absolute Gasteiger partial charge is 0.253 e. The van der Waals surface area contributed by atoms with E-state index in [0.29, 0.717) is 24.2 Å². The van der Waals surface area contributed by atoms with Crippen LogP contribution in [0.15, 0.2) is 48.5 Å². The number of benzene rings is 2. The lowest BCUT2D eigenvalue weighted by Gasteiger charge is -2.26. The molecule has 1 heterocycles. The molecule has 0 aliphatic carbocycles. The van der Waals surface area contributed by atoms with Gasteiger partial charge in [0, 0.05) is 44.0 Å². The Morgan fingerprint density at radius 2 is 1.77 bits per heavy atom. The summed E-state index contributed by atoms with van der Waals surface area (Å²) >= 11 is 0. The monoisotopic (exact) mass is 454 g/mol. The zero-order valence-corrected chi connectivity index (χ0v) is 18.3. The van der Waals surface area contributed by atoms with Gasteiger partial charge in [-0.1, -0.05) is 24.3 Å². The maximum absolute atomic E-state index is 12.3. The van der Waals surface area contributed by atoms with Crippen LogP contribution in [0.5, 0.6) is 0 Å². The van der Waals surface area contributed by atoms with Crippen molar-refractivity contribution in [2.75, 3.05) is 43.9 Å². The lowest BCUT2D eigenvalue weighted by atomic mass is 10.1. The third-order valence-electron chi connectivity index (χ3n) is 4.63. The molecule has 1 aliphatic rings. The number of nitrogens with one attached hydrogen (secondary N) is 2. The molecule has 0 radical (unpaired) electrons. The fraction of sp³-hybridized carbons (Fsp3) is 0.333. The van der Waals surface area contributed by atoms with E-state index in [2.05, 4.69) is 15.5 Å². The molecule has 4 N–H and O–H groups in total. The predicted molar refractivity (Wildman–Crippen MR) is 123 cm³/mol. The van der Waals surface area contributed by atoms with Crippen molar-refractivity contribution in [2.45, 2.75) is 13.0 Å². The number of amides is 2. The van der Waals surface area contributed by atoms with Crippen LogP contribution < -0.4 is 16.4 Å². The van der Waals surface area contributed by atoms with Gasteiger partial charge in [0.1, 0.15) is 0 Å². The van der Waals surface area contributed by atoms with Crippen LogP contribution in [0.25, 0.3) is 0 Å². The molecule has 0 spiro atoms. The molecule has 1 saturated heterocycles. The zero-order chi connectivity index (χ0) is 19.8. The Labute approximate surface area is 189 Å². The lowest BCUT2D eigenvalue weighted by Crippen LogP contribution is -2.38. The molecule has 1 fully saturated rings. The number of carbonyl (C=O) groups is 2. The quantitative estimate of drug-likeness (QED) is 0.558. The average molecular weight is 455 g/mol. The lowest BCUT2D eigenvalue weighted by molar-refractivity contribution is -0.116. The third-order valence-corrected chi connectivity index (χ3v) is 4.63. The molecule has 2 aromatic rings. The van der Waals surface area contributed by atoms with Gasteiger partial charge in [0.2, 0.25) is 5.91 Å². The Kier molecular flexibility index (Phi) is 11.2. The minimum absolute atomic E-state index is 0. The molecule has 3 rings (SSSR count). The first-order valence-corrected chi connectivity index (χ1v) is 9.43. The third kappa shape index (κ3) is 7.84. The Morgan fingerprint density at radius 3 is 2.50 bits per heavy atom. The molecular formula is C21H28Cl2N4O3. The van der Waals surface area contributed by atoms with Crippen molar-refractivity contribution in [3.05, 3.63) is 59.7 Å². The number of nitrogens with two attached hydrogens (primary N) is 1. The van der Waals surface area contributed by atoms with E-state index < -0.39 is 0 Å². The summed E-state index contributed by atoms with van der Waals surface area (Å²) in [6.45, 7) is 4.27. The van der Waals surface area contributed by atoms with E-state index in [0.717, 1.165) is 44.1 Å². The summed E-state index contributed by atoms with van der Waals surface area (Å²) in [5.41, 5.74) is 8.35. The molecule has 0 unspecified atom stereocenters. The minimum atomic E-state index is -0.224. The molecule has 0 saturated carbocycles. The van der Waals surface area contributed by atoms with E-state index in [-0.39, 0.29) is 36.6 Å². The van der Waals surface area contributed by atoms with Crippen LogP contribution in [-0.2, 0) is 16.1 Å². The fourth-order valence-corrected chi connectivity index (χ4v) is 3.05. The summed E-state index contributed by atoms with van der Waals surface area (Å²) in [5, 5.41) is 5.78. The molecule has 0 atom stereocenters. The van der Waals surface area contributed by atoms with Gasteiger partial charge in [-0.15, -0.1) is 24.8 Å². The van der Waals surface area contributed by atoms with Crippen molar-refractivity contribution in [1.29, 1.82) is 0 Å². The first-order chi connectivity index (χ1) is 13.6. The fourth-order valence-electron chi connectivity index (χ4n) is 3.05. The number of nitrogens with zero attached hydrogens (tertiary/aromatic N) is 1. The molecule has 0 bridgehead atoms.